The molecule has 0 saturated heterocycles. The van der Waals surface area contributed by atoms with Crippen molar-refractivity contribution in [3.63, 3.8) is 0 Å². The molecule has 1 atom stereocenters. The lowest BCUT2D eigenvalue weighted by atomic mass is 10.0. The van der Waals surface area contributed by atoms with Crippen LogP contribution in [0.2, 0.25) is 5.02 Å². The number of hydrogen-bond donors (Lipinski definition) is 3. The SMILES string of the molecule is CC(C)NC(=O)CCNC(=O)[C@@H](NC(=O)c1ccccc1Cl)C(C)C. The summed E-state index contributed by atoms with van der Waals surface area (Å²) in [6.07, 6.45) is 0.188. The average Bonchev–Trinajstić information content (AvgIpc) is 2.51. The highest BCUT2D eigenvalue weighted by molar-refractivity contribution is 6.33. The first-order valence-corrected chi connectivity index (χ1v) is 8.72. The molecule has 0 saturated carbocycles. The molecule has 0 bridgehead atoms. The van der Waals surface area contributed by atoms with Crippen molar-refractivity contribution >= 4 is 29.3 Å². The van der Waals surface area contributed by atoms with Gasteiger partial charge in [-0.15, -0.1) is 0 Å². The minimum Gasteiger partial charge on any atom is -0.354 e. The van der Waals surface area contributed by atoms with Crippen LogP contribution in [-0.2, 0) is 9.59 Å². The lowest BCUT2D eigenvalue weighted by Crippen LogP contribution is -2.50. The summed E-state index contributed by atoms with van der Waals surface area (Å²) in [7, 11) is 0. The van der Waals surface area contributed by atoms with E-state index in [2.05, 4.69) is 16.0 Å². The number of benzene rings is 1. The maximum atomic E-state index is 12.3. The molecule has 3 N–H and O–H groups in total. The molecule has 0 fully saturated rings. The van der Waals surface area contributed by atoms with Crippen molar-refractivity contribution in [2.24, 2.45) is 5.92 Å². The highest BCUT2D eigenvalue weighted by atomic mass is 35.5. The van der Waals surface area contributed by atoms with E-state index in [0.29, 0.717) is 10.6 Å². The summed E-state index contributed by atoms with van der Waals surface area (Å²) in [6.45, 7) is 7.62. The molecule has 0 aromatic heterocycles. The molecule has 0 spiro atoms. The lowest BCUT2D eigenvalue weighted by molar-refractivity contribution is -0.124. The minimum absolute atomic E-state index is 0.0570. The van der Waals surface area contributed by atoms with Gasteiger partial charge in [0.2, 0.25) is 11.8 Å². The molecular weight excluding hydrogens is 342 g/mol. The monoisotopic (exact) mass is 367 g/mol. The summed E-state index contributed by atoms with van der Waals surface area (Å²) in [4.78, 5) is 36.3. The number of hydrogen-bond acceptors (Lipinski definition) is 3. The third kappa shape index (κ3) is 7.13. The van der Waals surface area contributed by atoms with Gasteiger partial charge in [0.05, 0.1) is 10.6 Å². The predicted octanol–water partition coefficient (Wildman–Crippen LogP) is 2.13. The van der Waals surface area contributed by atoms with Gasteiger partial charge in [-0.3, -0.25) is 14.4 Å². The summed E-state index contributed by atoms with van der Waals surface area (Å²) in [5.74, 6) is -0.975. The normalized spacial score (nSPS) is 12.0. The largest absolute Gasteiger partial charge is 0.354 e. The van der Waals surface area contributed by atoms with Crippen LogP contribution in [0.4, 0.5) is 0 Å². The van der Waals surface area contributed by atoms with Crippen LogP contribution in [0.15, 0.2) is 24.3 Å². The van der Waals surface area contributed by atoms with E-state index in [1.165, 1.54) is 0 Å². The number of rotatable bonds is 8. The van der Waals surface area contributed by atoms with Gasteiger partial charge in [-0.25, -0.2) is 0 Å². The topological polar surface area (TPSA) is 87.3 Å². The van der Waals surface area contributed by atoms with Gasteiger partial charge in [-0.1, -0.05) is 37.6 Å². The van der Waals surface area contributed by atoms with E-state index in [1.54, 1.807) is 24.3 Å². The predicted molar refractivity (Wildman–Crippen MR) is 98.4 cm³/mol. The molecule has 1 rings (SSSR count). The van der Waals surface area contributed by atoms with Crippen LogP contribution in [0.3, 0.4) is 0 Å². The summed E-state index contributed by atoms with van der Waals surface area (Å²) >= 11 is 6.02. The summed E-state index contributed by atoms with van der Waals surface area (Å²) < 4.78 is 0. The van der Waals surface area contributed by atoms with E-state index in [0.717, 1.165) is 0 Å². The van der Waals surface area contributed by atoms with Crippen LogP contribution in [0, 0.1) is 5.92 Å². The molecule has 1 aromatic rings. The van der Waals surface area contributed by atoms with E-state index in [-0.39, 0.29) is 36.7 Å². The molecule has 0 aliphatic carbocycles. The Morgan fingerprint density at radius 1 is 1.04 bits per heavy atom. The van der Waals surface area contributed by atoms with Gasteiger partial charge in [0.15, 0.2) is 0 Å². The number of carbonyl (C=O) groups excluding carboxylic acids is 3. The molecule has 138 valence electrons. The van der Waals surface area contributed by atoms with E-state index < -0.39 is 11.9 Å². The first-order chi connectivity index (χ1) is 11.7. The maximum absolute atomic E-state index is 12.3. The van der Waals surface area contributed by atoms with E-state index in [9.17, 15) is 14.4 Å². The minimum atomic E-state index is -0.711. The van der Waals surface area contributed by atoms with E-state index in [1.807, 2.05) is 27.7 Å². The van der Waals surface area contributed by atoms with Crippen LogP contribution in [0.1, 0.15) is 44.5 Å². The number of nitrogens with one attached hydrogen (secondary N) is 3. The molecule has 7 heteroatoms. The van der Waals surface area contributed by atoms with E-state index >= 15 is 0 Å². The Hall–Kier alpha value is -2.08. The Kier molecular flexibility index (Phi) is 8.41. The zero-order valence-corrected chi connectivity index (χ0v) is 15.8. The Balaban J connectivity index is 2.61. The van der Waals surface area contributed by atoms with Gasteiger partial charge in [0.25, 0.3) is 5.91 Å². The number of amides is 3. The van der Waals surface area contributed by atoms with Gasteiger partial charge in [0, 0.05) is 19.0 Å². The standard InChI is InChI=1S/C18H26ClN3O3/c1-11(2)16(18(25)20-10-9-15(23)21-12(3)4)22-17(24)13-7-5-6-8-14(13)19/h5-8,11-12,16H,9-10H2,1-4H3,(H,20,25)(H,21,23)(H,22,24)/t16-/m0/s1. The zero-order chi connectivity index (χ0) is 19.0. The number of halogens is 1. The van der Waals surface area contributed by atoms with Gasteiger partial charge in [0.1, 0.15) is 6.04 Å². The molecule has 3 amide bonds. The lowest BCUT2D eigenvalue weighted by Gasteiger charge is -2.22. The van der Waals surface area contributed by atoms with Crippen LogP contribution in [-0.4, -0.2) is 36.3 Å². The Bertz CT molecular complexity index is 617. The average molecular weight is 368 g/mol. The molecule has 1 aromatic carbocycles. The fourth-order valence-corrected chi connectivity index (χ4v) is 2.42. The van der Waals surface area contributed by atoms with Crippen molar-refractivity contribution in [3.8, 4) is 0 Å². The molecule has 6 nitrogen and oxygen atoms in total. The molecular formula is C18H26ClN3O3. The highest BCUT2D eigenvalue weighted by Gasteiger charge is 2.25. The first kappa shape index (κ1) is 21.0. The second-order valence-electron chi connectivity index (χ2n) is 6.44. The highest BCUT2D eigenvalue weighted by Crippen LogP contribution is 2.15. The molecule has 0 unspecified atom stereocenters. The van der Waals surface area contributed by atoms with Gasteiger partial charge < -0.3 is 16.0 Å². The summed E-state index contributed by atoms with van der Waals surface area (Å²) in [5, 5.41) is 8.48. The van der Waals surface area contributed by atoms with Crippen LogP contribution < -0.4 is 16.0 Å². The van der Waals surface area contributed by atoms with Gasteiger partial charge in [-0.05, 0) is 31.9 Å². The molecule has 0 aliphatic heterocycles. The number of carbonyl (C=O) groups is 3. The third-order valence-corrected chi connectivity index (χ3v) is 3.78. The smallest absolute Gasteiger partial charge is 0.253 e. The fraction of sp³-hybridized carbons (Fsp3) is 0.500. The van der Waals surface area contributed by atoms with Crippen molar-refractivity contribution < 1.29 is 14.4 Å². The maximum Gasteiger partial charge on any atom is 0.253 e. The van der Waals surface area contributed by atoms with Crippen molar-refractivity contribution in [2.75, 3.05) is 6.54 Å². The fourth-order valence-electron chi connectivity index (χ4n) is 2.20. The van der Waals surface area contributed by atoms with Crippen LogP contribution in [0.25, 0.3) is 0 Å². The van der Waals surface area contributed by atoms with Gasteiger partial charge >= 0.3 is 0 Å². The summed E-state index contributed by atoms with van der Waals surface area (Å²) in [6, 6.07) is 6.00. The van der Waals surface area contributed by atoms with Crippen molar-refractivity contribution in [1.29, 1.82) is 0 Å². The van der Waals surface area contributed by atoms with Crippen LogP contribution in [0.5, 0.6) is 0 Å². The van der Waals surface area contributed by atoms with Crippen molar-refractivity contribution in [1.82, 2.24) is 16.0 Å². The molecule has 25 heavy (non-hydrogen) atoms. The molecule has 0 radical (unpaired) electrons. The third-order valence-electron chi connectivity index (χ3n) is 3.46. The van der Waals surface area contributed by atoms with Crippen molar-refractivity contribution in [2.45, 2.75) is 46.2 Å². The van der Waals surface area contributed by atoms with Crippen molar-refractivity contribution in [3.05, 3.63) is 34.9 Å². The first-order valence-electron chi connectivity index (χ1n) is 8.34. The van der Waals surface area contributed by atoms with E-state index in [4.69, 9.17) is 11.6 Å². The second kappa shape index (κ2) is 10.0. The Morgan fingerprint density at radius 3 is 2.24 bits per heavy atom. The Morgan fingerprint density at radius 2 is 1.68 bits per heavy atom. The second-order valence-corrected chi connectivity index (χ2v) is 6.85. The molecule has 0 heterocycles. The van der Waals surface area contributed by atoms with Gasteiger partial charge in [-0.2, -0.15) is 0 Å². The van der Waals surface area contributed by atoms with Crippen LogP contribution >= 0.6 is 11.6 Å². The zero-order valence-electron chi connectivity index (χ0n) is 15.1. The molecule has 0 aliphatic rings. The summed E-state index contributed by atoms with van der Waals surface area (Å²) in [5.41, 5.74) is 0.318. The quantitative estimate of drug-likeness (QED) is 0.657. The Labute approximate surface area is 153 Å².